The van der Waals surface area contributed by atoms with Crippen molar-refractivity contribution in [1.29, 1.82) is 5.26 Å². The molecule has 19 heavy (non-hydrogen) atoms. The molecule has 0 atom stereocenters. The number of nitriles is 1. The quantitative estimate of drug-likeness (QED) is 0.692. The molecule has 0 fully saturated rings. The number of aromatic nitrogens is 3. The zero-order valence-electron chi connectivity index (χ0n) is 9.51. The van der Waals surface area contributed by atoms with Gasteiger partial charge in [-0.25, -0.2) is 14.4 Å². The number of fused-ring (bicyclic) bond motifs is 1. The van der Waals surface area contributed by atoms with Crippen LogP contribution in [0.4, 0.5) is 4.39 Å². The van der Waals surface area contributed by atoms with Crippen molar-refractivity contribution in [3.63, 3.8) is 0 Å². The highest BCUT2D eigenvalue weighted by atomic mass is 79.9. The summed E-state index contributed by atoms with van der Waals surface area (Å²) in [5.74, 6) is 0.0534. The molecule has 0 N–H and O–H groups in total. The van der Waals surface area contributed by atoms with Crippen molar-refractivity contribution in [3.8, 4) is 11.9 Å². The van der Waals surface area contributed by atoms with Gasteiger partial charge in [0, 0.05) is 6.20 Å². The van der Waals surface area contributed by atoms with Crippen molar-refractivity contribution in [3.05, 3.63) is 52.6 Å². The summed E-state index contributed by atoms with van der Waals surface area (Å²) in [5, 5.41) is 8.89. The molecule has 92 valence electrons. The van der Waals surface area contributed by atoms with Crippen LogP contribution in [-0.2, 0) is 0 Å². The van der Waals surface area contributed by atoms with Gasteiger partial charge in [-0.1, -0.05) is 0 Å². The van der Waals surface area contributed by atoms with Crippen LogP contribution >= 0.6 is 15.9 Å². The van der Waals surface area contributed by atoms with Crippen LogP contribution in [0.3, 0.4) is 0 Å². The predicted molar refractivity (Wildman–Crippen MR) is 71.2 cm³/mol. The van der Waals surface area contributed by atoms with Gasteiger partial charge in [-0.15, -0.1) is 0 Å². The van der Waals surface area contributed by atoms with E-state index in [9.17, 15) is 4.39 Å². The molecule has 0 amide bonds. The zero-order valence-corrected chi connectivity index (χ0v) is 11.1. The molecule has 2 heterocycles. The lowest BCUT2D eigenvalue weighted by atomic mass is 10.2. The number of hydrogen-bond acceptors (Lipinski definition) is 3. The number of rotatable bonds is 1. The van der Waals surface area contributed by atoms with E-state index in [4.69, 9.17) is 5.26 Å². The van der Waals surface area contributed by atoms with Crippen molar-refractivity contribution >= 4 is 27.0 Å². The molecule has 2 aromatic heterocycles. The summed E-state index contributed by atoms with van der Waals surface area (Å²) in [6.45, 7) is 0. The minimum atomic E-state index is -0.404. The van der Waals surface area contributed by atoms with E-state index >= 15 is 0 Å². The zero-order chi connectivity index (χ0) is 13.4. The molecular weight excluding hydrogens is 311 g/mol. The molecule has 0 saturated heterocycles. The molecule has 0 aliphatic carbocycles. The van der Waals surface area contributed by atoms with Crippen LogP contribution < -0.4 is 0 Å². The average Bonchev–Trinajstić information content (AvgIpc) is 2.87. The molecule has 0 saturated carbocycles. The van der Waals surface area contributed by atoms with Gasteiger partial charge < -0.3 is 0 Å². The van der Waals surface area contributed by atoms with Gasteiger partial charge in [0.05, 0.1) is 21.6 Å². The van der Waals surface area contributed by atoms with Crippen LogP contribution in [0.15, 0.2) is 41.3 Å². The van der Waals surface area contributed by atoms with Crippen molar-refractivity contribution in [2.24, 2.45) is 0 Å². The summed E-state index contributed by atoms with van der Waals surface area (Å²) in [6, 6.07) is 8.52. The van der Waals surface area contributed by atoms with Gasteiger partial charge in [-0.05, 0) is 40.2 Å². The first-order valence-corrected chi connectivity index (χ1v) is 6.17. The van der Waals surface area contributed by atoms with Gasteiger partial charge in [-0.3, -0.25) is 4.57 Å². The number of pyridine rings is 1. The smallest absolute Gasteiger partial charge is 0.163 e. The molecular formula is C13H6BrFN4. The van der Waals surface area contributed by atoms with Crippen LogP contribution in [-0.4, -0.2) is 14.5 Å². The lowest BCUT2D eigenvalue weighted by molar-refractivity contribution is 0.628. The maximum absolute atomic E-state index is 14.2. The van der Waals surface area contributed by atoms with Crippen molar-refractivity contribution < 1.29 is 4.39 Å². The first-order valence-electron chi connectivity index (χ1n) is 5.38. The second-order valence-electron chi connectivity index (χ2n) is 3.86. The maximum atomic E-state index is 14.2. The number of benzene rings is 1. The Morgan fingerprint density at radius 1 is 1.26 bits per heavy atom. The summed E-state index contributed by atoms with van der Waals surface area (Å²) in [6.07, 6.45) is 3.00. The third-order valence-corrected chi connectivity index (χ3v) is 3.33. The second kappa shape index (κ2) is 4.44. The predicted octanol–water partition coefficient (Wildman–Crippen LogP) is 3.19. The molecule has 6 heteroatoms. The van der Waals surface area contributed by atoms with Crippen molar-refractivity contribution in [2.45, 2.75) is 0 Å². The molecule has 0 bridgehead atoms. The Hall–Kier alpha value is -2.26. The largest absolute Gasteiger partial charge is 0.280 e. The molecule has 0 radical (unpaired) electrons. The fourth-order valence-corrected chi connectivity index (χ4v) is 2.15. The normalized spacial score (nSPS) is 10.6. The molecule has 0 spiro atoms. The Morgan fingerprint density at radius 2 is 2.11 bits per heavy atom. The monoisotopic (exact) mass is 316 g/mol. The Morgan fingerprint density at radius 3 is 2.89 bits per heavy atom. The summed E-state index contributed by atoms with van der Waals surface area (Å²) in [4.78, 5) is 8.27. The van der Waals surface area contributed by atoms with Crippen LogP contribution in [0.1, 0.15) is 5.56 Å². The van der Waals surface area contributed by atoms with E-state index in [-0.39, 0.29) is 0 Å². The average molecular weight is 317 g/mol. The standard InChI is InChI=1S/C13H6BrFN4/c14-9-1-2-10-13(12(9)15)19(7-18-10)11-5-8(6-16)3-4-17-11/h1-5,7H. The summed E-state index contributed by atoms with van der Waals surface area (Å²) in [7, 11) is 0. The van der Waals surface area contributed by atoms with E-state index in [0.29, 0.717) is 26.9 Å². The number of nitrogens with zero attached hydrogens (tertiary/aromatic N) is 4. The summed E-state index contributed by atoms with van der Waals surface area (Å²) < 4.78 is 16.0. The minimum absolute atomic E-state index is 0.331. The van der Waals surface area contributed by atoms with Gasteiger partial charge in [0.2, 0.25) is 0 Å². The number of hydrogen-bond donors (Lipinski definition) is 0. The molecule has 3 aromatic rings. The Balaban J connectivity index is 2.31. The van der Waals surface area contributed by atoms with E-state index in [0.717, 1.165) is 0 Å². The second-order valence-corrected chi connectivity index (χ2v) is 4.71. The highest BCUT2D eigenvalue weighted by Gasteiger charge is 2.13. The van der Waals surface area contributed by atoms with Crippen LogP contribution in [0.2, 0.25) is 0 Å². The van der Waals surface area contributed by atoms with E-state index in [1.54, 1.807) is 24.3 Å². The lowest BCUT2D eigenvalue weighted by Gasteiger charge is -2.04. The van der Waals surface area contributed by atoms with Crippen LogP contribution in [0.25, 0.3) is 16.9 Å². The minimum Gasteiger partial charge on any atom is -0.280 e. The molecule has 0 aliphatic rings. The van der Waals surface area contributed by atoms with Gasteiger partial charge in [0.15, 0.2) is 5.82 Å². The van der Waals surface area contributed by atoms with Crippen molar-refractivity contribution in [1.82, 2.24) is 14.5 Å². The van der Waals surface area contributed by atoms with Crippen LogP contribution in [0, 0.1) is 17.1 Å². The highest BCUT2D eigenvalue weighted by molar-refractivity contribution is 9.10. The van der Waals surface area contributed by atoms with E-state index < -0.39 is 5.82 Å². The summed E-state index contributed by atoms with van der Waals surface area (Å²) in [5.41, 5.74) is 1.32. The highest BCUT2D eigenvalue weighted by Crippen LogP contribution is 2.26. The third kappa shape index (κ3) is 1.88. The maximum Gasteiger partial charge on any atom is 0.163 e. The van der Waals surface area contributed by atoms with E-state index in [1.807, 2.05) is 6.07 Å². The topological polar surface area (TPSA) is 54.5 Å². The summed E-state index contributed by atoms with van der Waals surface area (Å²) >= 11 is 3.15. The Bertz CT molecular complexity index is 819. The SMILES string of the molecule is N#Cc1ccnc(-n2cnc3ccc(Br)c(F)c32)c1. The number of halogens is 2. The molecule has 3 rings (SSSR count). The van der Waals surface area contributed by atoms with Crippen molar-refractivity contribution in [2.75, 3.05) is 0 Å². The van der Waals surface area contributed by atoms with Crippen LogP contribution in [0.5, 0.6) is 0 Å². The molecule has 0 unspecified atom stereocenters. The molecule has 1 aromatic carbocycles. The molecule has 0 aliphatic heterocycles. The Kier molecular flexibility index (Phi) is 2.76. The lowest BCUT2D eigenvalue weighted by Crippen LogP contribution is -1.98. The van der Waals surface area contributed by atoms with Gasteiger partial charge in [-0.2, -0.15) is 5.26 Å². The number of imidazole rings is 1. The first-order chi connectivity index (χ1) is 9.20. The van der Waals surface area contributed by atoms with Gasteiger partial charge in [0.1, 0.15) is 17.7 Å². The third-order valence-electron chi connectivity index (χ3n) is 2.72. The van der Waals surface area contributed by atoms with E-state index in [2.05, 4.69) is 25.9 Å². The fourth-order valence-electron chi connectivity index (χ4n) is 1.83. The van der Waals surface area contributed by atoms with Gasteiger partial charge in [0.25, 0.3) is 0 Å². The van der Waals surface area contributed by atoms with E-state index in [1.165, 1.54) is 17.1 Å². The Labute approximate surface area is 116 Å². The molecule has 4 nitrogen and oxygen atoms in total. The van der Waals surface area contributed by atoms with Gasteiger partial charge >= 0.3 is 0 Å². The first kappa shape index (κ1) is 11.8. The fraction of sp³-hybridized carbons (Fsp3) is 0.